The van der Waals surface area contributed by atoms with Gasteiger partial charge in [0.05, 0.1) is 15.6 Å². The van der Waals surface area contributed by atoms with Crippen LogP contribution in [0.5, 0.6) is 0 Å². The van der Waals surface area contributed by atoms with Crippen molar-refractivity contribution >= 4 is 27.6 Å². The molecule has 1 aromatic rings. The first kappa shape index (κ1) is 12.2. The number of fused-ring (bicyclic) bond motifs is 1. The molecule has 0 radical (unpaired) electrons. The highest BCUT2D eigenvalue weighted by Crippen LogP contribution is 2.33. The predicted molar refractivity (Wildman–Crippen MR) is 60.4 cm³/mol. The SMILES string of the molecule is CNC(=O)c1cc2c(c(F)c1Br)C(=O)C(F)C2. The van der Waals surface area contributed by atoms with Gasteiger partial charge in [-0.25, -0.2) is 8.78 Å². The van der Waals surface area contributed by atoms with Crippen LogP contribution in [0.4, 0.5) is 8.78 Å². The molecule has 1 N–H and O–H groups in total. The number of Topliss-reactive ketones (excluding diaryl/α,β-unsaturated/α-hetero) is 1. The van der Waals surface area contributed by atoms with Gasteiger partial charge in [0, 0.05) is 13.5 Å². The summed E-state index contributed by atoms with van der Waals surface area (Å²) in [6.45, 7) is 0. The minimum absolute atomic E-state index is 0.0608. The number of halogens is 3. The molecule has 0 saturated carbocycles. The van der Waals surface area contributed by atoms with E-state index in [1.54, 1.807) is 0 Å². The second-order valence-electron chi connectivity index (χ2n) is 3.70. The van der Waals surface area contributed by atoms with Crippen molar-refractivity contribution in [1.82, 2.24) is 5.32 Å². The molecule has 1 unspecified atom stereocenters. The standard InChI is InChI=1S/C11H8BrF2NO2/c1-15-11(17)5-2-4-3-6(13)10(16)7(4)9(14)8(5)12/h2,6H,3H2,1H3,(H,15,17). The number of carbonyl (C=O) groups is 2. The number of benzene rings is 1. The van der Waals surface area contributed by atoms with Crippen molar-refractivity contribution in [2.75, 3.05) is 7.05 Å². The number of ketones is 1. The molecular weight excluding hydrogens is 296 g/mol. The maximum absolute atomic E-state index is 13.9. The van der Waals surface area contributed by atoms with Crippen LogP contribution < -0.4 is 5.32 Å². The monoisotopic (exact) mass is 303 g/mol. The third kappa shape index (κ3) is 1.76. The van der Waals surface area contributed by atoms with Gasteiger partial charge in [-0.05, 0) is 27.6 Å². The lowest BCUT2D eigenvalue weighted by Crippen LogP contribution is -2.19. The molecule has 0 aliphatic heterocycles. The van der Waals surface area contributed by atoms with Gasteiger partial charge in [-0.15, -0.1) is 0 Å². The van der Waals surface area contributed by atoms with Crippen LogP contribution in [0.15, 0.2) is 10.5 Å². The van der Waals surface area contributed by atoms with E-state index >= 15 is 0 Å². The van der Waals surface area contributed by atoms with Crippen LogP contribution in [0, 0.1) is 5.82 Å². The van der Waals surface area contributed by atoms with Gasteiger partial charge in [0.15, 0.2) is 12.0 Å². The summed E-state index contributed by atoms with van der Waals surface area (Å²) in [7, 11) is 1.41. The van der Waals surface area contributed by atoms with Crippen LogP contribution >= 0.6 is 15.9 Å². The average Bonchev–Trinajstić information content (AvgIpc) is 2.59. The van der Waals surface area contributed by atoms with Crippen LogP contribution in [-0.2, 0) is 6.42 Å². The quantitative estimate of drug-likeness (QED) is 0.863. The number of carbonyl (C=O) groups excluding carboxylic acids is 2. The summed E-state index contributed by atoms with van der Waals surface area (Å²) in [4.78, 5) is 22.8. The first-order valence-corrected chi connectivity index (χ1v) is 5.68. The maximum Gasteiger partial charge on any atom is 0.252 e. The Bertz CT molecular complexity index is 531. The molecule has 6 heteroatoms. The van der Waals surface area contributed by atoms with Crippen molar-refractivity contribution in [3.05, 3.63) is 33.0 Å². The minimum atomic E-state index is -1.72. The molecule has 1 aliphatic rings. The van der Waals surface area contributed by atoms with Crippen LogP contribution in [0.3, 0.4) is 0 Å². The molecule has 90 valence electrons. The lowest BCUT2D eigenvalue weighted by molar-refractivity contribution is 0.0894. The van der Waals surface area contributed by atoms with E-state index in [-0.39, 0.29) is 27.6 Å². The lowest BCUT2D eigenvalue weighted by Gasteiger charge is -2.08. The molecule has 1 aliphatic carbocycles. The van der Waals surface area contributed by atoms with E-state index in [4.69, 9.17) is 0 Å². The Hall–Kier alpha value is -1.30. The number of nitrogens with one attached hydrogen (secondary N) is 1. The minimum Gasteiger partial charge on any atom is -0.355 e. The van der Waals surface area contributed by atoms with Gasteiger partial charge in [-0.1, -0.05) is 0 Å². The van der Waals surface area contributed by atoms with Gasteiger partial charge < -0.3 is 5.32 Å². The number of amides is 1. The van der Waals surface area contributed by atoms with Crippen LogP contribution in [0.25, 0.3) is 0 Å². The average molecular weight is 304 g/mol. The lowest BCUT2D eigenvalue weighted by atomic mass is 10.0. The number of alkyl halides is 1. The maximum atomic E-state index is 13.9. The molecule has 17 heavy (non-hydrogen) atoms. The number of hydrogen-bond acceptors (Lipinski definition) is 2. The van der Waals surface area contributed by atoms with Gasteiger partial charge in [-0.2, -0.15) is 0 Å². The number of rotatable bonds is 1. The Kier molecular flexibility index (Phi) is 2.99. The fourth-order valence-corrected chi connectivity index (χ4v) is 2.34. The van der Waals surface area contributed by atoms with E-state index in [2.05, 4.69) is 21.2 Å². The normalized spacial score (nSPS) is 18.1. The molecule has 0 spiro atoms. The van der Waals surface area contributed by atoms with Crippen molar-refractivity contribution in [2.24, 2.45) is 0 Å². The Morgan fingerprint density at radius 2 is 2.24 bits per heavy atom. The van der Waals surface area contributed by atoms with Crippen LogP contribution in [0.2, 0.25) is 0 Å². The summed E-state index contributed by atoms with van der Waals surface area (Å²) in [6.07, 6.45) is -1.89. The van der Waals surface area contributed by atoms with E-state index < -0.39 is 23.7 Å². The summed E-state index contributed by atoms with van der Waals surface area (Å²) in [5, 5.41) is 2.35. The fraction of sp³-hybridized carbons (Fsp3) is 0.273. The molecule has 1 amide bonds. The van der Waals surface area contributed by atoms with E-state index in [9.17, 15) is 18.4 Å². The summed E-state index contributed by atoms with van der Waals surface area (Å²) < 4.78 is 27.0. The predicted octanol–water partition coefficient (Wildman–Crippen LogP) is 2.02. The van der Waals surface area contributed by atoms with E-state index in [1.807, 2.05) is 0 Å². The van der Waals surface area contributed by atoms with Crippen molar-refractivity contribution in [3.8, 4) is 0 Å². The van der Waals surface area contributed by atoms with E-state index in [0.29, 0.717) is 0 Å². The third-order valence-corrected chi connectivity index (χ3v) is 3.47. The molecule has 1 atom stereocenters. The molecule has 0 saturated heterocycles. The van der Waals surface area contributed by atoms with E-state index in [1.165, 1.54) is 13.1 Å². The highest BCUT2D eigenvalue weighted by molar-refractivity contribution is 9.10. The molecule has 2 rings (SSSR count). The zero-order valence-corrected chi connectivity index (χ0v) is 10.4. The van der Waals surface area contributed by atoms with Gasteiger partial charge in [0.25, 0.3) is 5.91 Å². The summed E-state index contributed by atoms with van der Waals surface area (Å²) in [6, 6.07) is 1.35. The molecular formula is C11H8BrF2NO2. The van der Waals surface area contributed by atoms with E-state index in [0.717, 1.165) is 0 Å². The van der Waals surface area contributed by atoms with Crippen LogP contribution in [-0.4, -0.2) is 24.9 Å². The highest BCUT2D eigenvalue weighted by atomic mass is 79.9. The first-order valence-electron chi connectivity index (χ1n) is 4.88. The Balaban J connectivity index is 2.65. The second kappa shape index (κ2) is 4.18. The summed E-state index contributed by atoms with van der Waals surface area (Å²) >= 11 is 2.91. The van der Waals surface area contributed by atoms with Crippen molar-refractivity contribution in [3.63, 3.8) is 0 Å². The molecule has 0 bridgehead atoms. The highest BCUT2D eigenvalue weighted by Gasteiger charge is 2.35. The molecule has 3 nitrogen and oxygen atoms in total. The molecule has 0 heterocycles. The first-order chi connectivity index (χ1) is 7.97. The smallest absolute Gasteiger partial charge is 0.252 e. The van der Waals surface area contributed by atoms with Crippen molar-refractivity contribution in [1.29, 1.82) is 0 Å². The Morgan fingerprint density at radius 1 is 1.59 bits per heavy atom. The third-order valence-electron chi connectivity index (χ3n) is 2.69. The van der Waals surface area contributed by atoms with Gasteiger partial charge in [-0.3, -0.25) is 9.59 Å². The topological polar surface area (TPSA) is 46.2 Å². The summed E-state index contributed by atoms with van der Waals surface area (Å²) in [5.41, 5.74) is 0.0458. The Morgan fingerprint density at radius 3 is 2.82 bits per heavy atom. The fourth-order valence-electron chi connectivity index (χ4n) is 1.85. The van der Waals surface area contributed by atoms with Gasteiger partial charge in [0.2, 0.25) is 0 Å². The van der Waals surface area contributed by atoms with Crippen molar-refractivity contribution in [2.45, 2.75) is 12.6 Å². The van der Waals surface area contributed by atoms with Gasteiger partial charge in [0.1, 0.15) is 5.82 Å². The van der Waals surface area contributed by atoms with Gasteiger partial charge >= 0.3 is 0 Å². The summed E-state index contributed by atoms with van der Waals surface area (Å²) in [5.74, 6) is -2.22. The molecule has 1 aromatic carbocycles. The largest absolute Gasteiger partial charge is 0.355 e. The molecule has 0 aromatic heterocycles. The molecule has 0 fully saturated rings. The number of hydrogen-bond donors (Lipinski definition) is 1. The zero-order chi connectivity index (χ0) is 12.7. The second-order valence-corrected chi connectivity index (χ2v) is 4.49. The van der Waals surface area contributed by atoms with Crippen LogP contribution in [0.1, 0.15) is 26.3 Å². The Labute approximate surface area is 104 Å². The van der Waals surface area contributed by atoms with Crippen molar-refractivity contribution < 1.29 is 18.4 Å². The zero-order valence-electron chi connectivity index (χ0n) is 8.81.